The van der Waals surface area contributed by atoms with E-state index in [1.165, 1.54) is 12.0 Å². The maximum atomic E-state index is 4.74. The molecule has 1 aromatic carbocycles. The van der Waals surface area contributed by atoms with Crippen molar-refractivity contribution in [2.24, 2.45) is 0 Å². The number of H-pyrrole nitrogens is 1. The second-order valence-corrected chi connectivity index (χ2v) is 6.18. The average Bonchev–Trinajstić information content (AvgIpc) is 3.17. The fourth-order valence-electron chi connectivity index (χ4n) is 3.25. The van der Waals surface area contributed by atoms with E-state index < -0.39 is 0 Å². The molecule has 2 aliphatic rings. The van der Waals surface area contributed by atoms with Crippen molar-refractivity contribution in [2.45, 2.75) is 31.2 Å². The normalized spacial score (nSPS) is 28.6. The van der Waals surface area contributed by atoms with Crippen LogP contribution in [0.5, 0.6) is 0 Å². The van der Waals surface area contributed by atoms with E-state index in [1.807, 2.05) is 0 Å². The van der Waals surface area contributed by atoms with Gasteiger partial charge in [-0.2, -0.15) is 4.98 Å². The molecule has 0 amide bonds. The highest BCUT2D eigenvalue weighted by Crippen LogP contribution is 2.53. The van der Waals surface area contributed by atoms with Gasteiger partial charge < -0.3 is 10.2 Å². The van der Waals surface area contributed by atoms with Crippen molar-refractivity contribution in [3.8, 4) is 0 Å². The summed E-state index contributed by atoms with van der Waals surface area (Å²) < 4.78 is 0. The van der Waals surface area contributed by atoms with Crippen LogP contribution >= 0.6 is 0 Å². The number of anilines is 1. The lowest BCUT2D eigenvalue weighted by atomic mass is 10.1. The molecule has 2 heterocycles. The van der Waals surface area contributed by atoms with Gasteiger partial charge in [-0.1, -0.05) is 30.3 Å². The van der Waals surface area contributed by atoms with Gasteiger partial charge in [0.2, 0.25) is 5.95 Å². The van der Waals surface area contributed by atoms with Gasteiger partial charge in [0.05, 0.1) is 0 Å². The van der Waals surface area contributed by atoms with Gasteiger partial charge in [0.15, 0.2) is 0 Å². The molecule has 5 nitrogen and oxygen atoms in total. The fourth-order valence-corrected chi connectivity index (χ4v) is 3.25. The highest BCUT2D eigenvalue weighted by atomic mass is 15.4. The number of benzene rings is 1. The second-order valence-electron chi connectivity index (χ2n) is 6.18. The Morgan fingerprint density at radius 3 is 2.86 bits per heavy atom. The van der Waals surface area contributed by atoms with Crippen LogP contribution in [0.1, 0.15) is 36.6 Å². The Balaban J connectivity index is 1.46. The summed E-state index contributed by atoms with van der Waals surface area (Å²) in [4.78, 5) is 7.00. The van der Waals surface area contributed by atoms with E-state index in [2.05, 4.69) is 57.7 Å². The van der Waals surface area contributed by atoms with Gasteiger partial charge in [0, 0.05) is 31.6 Å². The van der Waals surface area contributed by atoms with Gasteiger partial charge in [-0.3, -0.25) is 5.10 Å². The topological polar surface area (TPSA) is 56.8 Å². The highest BCUT2D eigenvalue weighted by Gasteiger charge is 2.42. The molecule has 1 saturated heterocycles. The molecule has 110 valence electrons. The van der Waals surface area contributed by atoms with Crippen molar-refractivity contribution in [3.63, 3.8) is 0 Å². The summed E-state index contributed by atoms with van der Waals surface area (Å²) in [6.45, 7) is 5.16. The summed E-state index contributed by atoms with van der Waals surface area (Å²) in [6.07, 6.45) is 1.18. The second kappa shape index (κ2) is 5.15. The van der Waals surface area contributed by atoms with Crippen LogP contribution in [-0.2, 0) is 0 Å². The fraction of sp³-hybridized carbons (Fsp3) is 0.500. The summed E-state index contributed by atoms with van der Waals surface area (Å²) in [5.74, 6) is 3.02. The van der Waals surface area contributed by atoms with E-state index >= 15 is 0 Å². The van der Waals surface area contributed by atoms with Crippen molar-refractivity contribution < 1.29 is 0 Å². The maximum Gasteiger partial charge on any atom is 0.244 e. The molecule has 5 heteroatoms. The zero-order chi connectivity index (χ0) is 14.2. The minimum Gasteiger partial charge on any atom is -0.337 e. The van der Waals surface area contributed by atoms with E-state index in [-0.39, 0.29) is 0 Å². The number of aromatic nitrogens is 3. The third-order valence-electron chi connectivity index (χ3n) is 4.51. The summed E-state index contributed by atoms with van der Waals surface area (Å²) in [5.41, 5.74) is 1.41. The molecule has 2 aromatic rings. The highest BCUT2D eigenvalue weighted by molar-refractivity contribution is 5.35. The van der Waals surface area contributed by atoms with Crippen LogP contribution in [0.25, 0.3) is 0 Å². The smallest absolute Gasteiger partial charge is 0.244 e. The van der Waals surface area contributed by atoms with Crippen molar-refractivity contribution in [1.29, 1.82) is 0 Å². The van der Waals surface area contributed by atoms with Crippen LogP contribution in [0.2, 0.25) is 0 Å². The maximum absolute atomic E-state index is 4.74. The largest absolute Gasteiger partial charge is 0.337 e. The van der Waals surface area contributed by atoms with E-state index in [9.17, 15) is 0 Å². The molecule has 2 fully saturated rings. The molecule has 4 rings (SSSR count). The van der Waals surface area contributed by atoms with Crippen LogP contribution in [0.3, 0.4) is 0 Å². The number of aromatic amines is 1. The summed E-state index contributed by atoms with van der Waals surface area (Å²) in [7, 11) is 0. The Hall–Kier alpha value is -1.88. The lowest BCUT2D eigenvalue weighted by molar-refractivity contribution is 0.479. The lowest BCUT2D eigenvalue weighted by Gasteiger charge is -2.30. The molecule has 1 aromatic heterocycles. The van der Waals surface area contributed by atoms with E-state index in [4.69, 9.17) is 4.98 Å². The minimum atomic E-state index is 0.499. The number of nitrogens with one attached hydrogen (secondary N) is 2. The summed E-state index contributed by atoms with van der Waals surface area (Å²) in [6, 6.07) is 11.2. The third kappa shape index (κ3) is 2.53. The third-order valence-corrected chi connectivity index (χ3v) is 4.51. The van der Waals surface area contributed by atoms with Crippen LogP contribution in [0, 0.1) is 0 Å². The molecule has 1 aliphatic heterocycles. The predicted molar refractivity (Wildman–Crippen MR) is 82.6 cm³/mol. The number of hydrogen-bond donors (Lipinski definition) is 2. The molecule has 1 aliphatic carbocycles. The zero-order valence-electron chi connectivity index (χ0n) is 12.3. The molecule has 3 atom stereocenters. The van der Waals surface area contributed by atoms with Gasteiger partial charge in [-0.05, 0) is 24.8 Å². The van der Waals surface area contributed by atoms with Crippen LogP contribution in [-0.4, -0.2) is 40.9 Å². The predicted octanol–water partition coefficient (Wildman–Crippen LogP) is 1.87. The molecular formula is C16H21N5. The zero-order valence-corrected chi connectivity index (χ0v) is 12.3. The van der Waals surface area contributed by atoms with Gasteiger partial charge in [0.25, 0.3) is 0 Å². The number of hydrogen-bond acceptors (Lipinski definition) is 4. The molecule has 2 N–H and O–H groups in total. The van der Waals surface area contributed by atoms with Crippen molar-refractivity contribution >= 4 is 5.95 Å². The molecular weight excluding hydrogens is 262 g/mol. The average molecular weight is 283 g/mol. The Morgan fingerprint density at radius 1 is 1.19 bits per heavy atom. The Bertz CT molecular complexity index is 608. The van der Waals surface area contributed by atoms with Gasteiger partial charge in [0.1, 0.15) is 5.82 Å². The lowest BCUT2D eigenvalue weighted by Crippen LogP contribution is -2.49. The molecule has 1 saturated carbocycles. The minimum absolute atomic E-state index is 0.499. The molecule has 0 bridgehead atoms. The van der Waals surface area contributed by atoms with E-state index in [1.54, 1.807) is 0 Å². The van der Waals surface area contributed by atoms with Crippen molar-refractivity contribution in [1.82, 2.24) is 20.5 Å². The first-order chi connectivity index (χ1) is 10.3. The first-order valence-corrected chi connectivity index (χ1v) is 7.77. The number of nitrogens with zero attached hydrogens (tertiary/aromatic N) is 3. The first-order valence-electron chi connectivity index (χ1n) is 7.77. The van der Waals surface area contributed by atoms with Gasteiger partial charge in [-0.25, -0.2) is 0 Å². The van der Waals surface area contributed by atoms with Crippen molar-refractivity contribution in [2.75, 3.05) is 24.5 Å². The van der Waals surface area contributed by atoms with Crippen LogP contribution < -0.4 is 10.2 Å². The van der Waals surface area contributed by atoms with Crippen LogP contribution in [0.4, 0.5) is 5.95 Å². The summed E-state index contributed by atoms with van der Waals surface area (Å²) in [5, 5.41) is 11.0. The molecule has 0 spiro atoms. The first kappa shape index (κ1) is 12.8. The quantitative estimate of drug-likeness (QED) is 0.903. The van der Waals surface area contributed by atoms with E-state index in [0.29, 0.717) is 17.9 Å². The Morgan fingerprint density at radius 2 is 2.05 bits per heavy atom. The number of piperazine rings is 1. The summed E-state index contributed by atoms with van der Waals surface area (Å²) >= 11 is 0. The molecule has 21 heavy (non-hydrogen) atoms. The molecule has 0 radical (unpaired) electrons. The SMILES string of the molecule is CC1CN(c2n[nH]c(C3CC3c3ccccc3)n2)CCN1. The molecule has 3 unspecified atom stereocenters. The van der Waals surface area contributed by atoms with Crippen molar-refractivity contribution in [3.05, 3.63) is 41.7 Å². The monoisotopic (exact) mass is 283 g/mol. The number of rotatable bonds is 3. The Kier molecular flexibility index (Phi) is 3.15. The van der Waals surface area contributed by atoms with E-state index in [0.717, 1.165) is 31.4 Å². The Labute approximate surface area is 124 Å². The van der Waals surface area contributed by atoms with Crippen LogP contribution in [0.15, 0.2) is 30.3 Å². The van der Waals surface area contributed by atoms with Gasteiger partial charge >= 0.3 is 0 Å². The van der Waals surface area contributed by atoms with Gasteiger partial charge in [-0.15, -0.1) is 5.10 Å². The standard InChI is InChI=1S/C16H21N5/c1-11-10-21(8-7-17-11)16-18-15(19-20-16)14-9-13(14)12-5-3-2-4-6-12/h2-6,11,13-14,17H,7-10H2,1H3,(H,18,19,20).